The fourth-order valence-electron chi connectivity index (χ4n) is 2.40. The van der Waals surface area contributed by atoms with Gasteiger partial charge in [0.2, 0.25) is 5.91 Å². The first-order valence-corrected chi connectivity index (χ1v) is 9.39. The summed E-state index contributed by atoms with van der Waals surface area (Å²) in [6.45, 7) is 5.92. The molecule has 1 fully saturated rings. The van der Waals surface area contributed by atoms with E-state index in [4.69, 9.17) is 4.98 Å². The number of nitrogens with zero attached hydrogens (tertiary/aromatic N) is 4. The van der Waals surface area contributed by atoms with Crippen LogP contribution in [0.15, 0.2) is 10.4 Å². The van der Waals surface area contributed by atoms with Crippen LogP contribution in [0.4, 0.5) is 5.13 Å². The van der Waals surface area contributed by atoms with Gasteiger partial charge in [-0.3, -0.25) is 4.79 Å². The fourth-order valence-corrected chi connectivity index (χ4v) is 3.32. The molecule has 1 aromatic heterocycles. The van der Waals surface area contributed by atoms with Crippen LogP contribution in [0.25, 0.3) is 0 Å². The van der Waals surface area contributed by atoms with Gasteiger partial charge in [-0.1, -0.05) is 0 Å². The van der Waals surface area contributed by atoms with E-state index in [0.717, 1.165) is 43.4 Å². The molecule has 2 heterocycles. The van der Waals surface area contributed by atoms with Crippen LogP contribution in [0, 0.1) is 0 Å². The Bertz CT molecular complexity index is 557. The quantitative estimate of drug-likeness (QED) is 0.352. The smallest absolute Gasteiger partial charge is 0.243 e. The second-order valence-electron chi connectivity index (χ2n) is 5.98. The Kier molecular flexibility index (Phi) is 10.1. The molecule has 1 saturated heterocycles. The summed E-state index contributed by atoms with van der Waals surface area (Å²) >= 11 is 1.72. The van der Waals surface area contributed by atoms with Gasteiger partial charge < -0.3 is 20.4 Å². The fraction of sp³-hybridized carbons (Fsp3) is 0.688. The molecule has 0 spiro atoms. The predicted molar refractivity (Wildman–Crippen MR) is 115 cm³/mol. The van der Waals surface area contributed by atoms with E-state index in [-0.39, 0.29) is 36.4 Å². The minimum Gasteiger partial charge on any atom is -0.357 e. The number of guanidine groups is 1. The highest BCUT2D eigenvalue weighted by atomic mass is 127. The molecule has 7 nitrogen and oxygen atoms in total. The first-order valence-electron chi connectivity index (χ1n) is 8.52. The lowest BCUT2D eigenvalue weighted by Crippen LogP contribution is -2.39. The van der Waals surface area contributed by atoms with Crippen LogP contribution in [-0.2, 0) is 11.2 Å². The maximum absolute atomic E-state index is 11.6. The van der Waals surface area contributed by atoms with E-state index in [1.165, 1.54) is 12.8 Å². The highest BCUT2D eigenvalue weighted by Gasteiger charge is 2.15. The number of hydrogen-bond donors (Lipinski definition) is 2. The number of amides is 1. The van der Waals surface area contributed by atoms with Gasteiger partial charge in [0.15, 0.2) is 11.1 Å². The number of aliphatic imine (C=N–C) groups is 1. The second kappa shape index (κ2) is 11.5. The molecule has 0 unspecified atom stereocenters. The number of rotatable bonds is 7. The lowest BCUT2D eigenvalue weighted by molar-refractivity contribution is -0.127. The minimum atomic E-state index is -0.0121. The van der Waals surface area contributed by atoms with Gasteiger partial charge in [0.25, 0.3) is 0 Å². The van der Waals surface area contributed by atoms with Gasteiger partial charge in [0, 0.05) is 52.1 Å². The van der Waals surface area contributed by atoms with Gasteiger partial charge in [-0.25, -0.2) is 9.98 Å². The second-order valence-corrected chi connectivity index (χ2v) is 6.81. The maximum atomic E-state index is 11.6. The zero-order chi connectivity index (χ0) is 17.4. The van der Waals surface area contributed by atoms with Crippen molar-refractivity contribution in [2.75, 3.05) is 51.7 Å². The van der Waals surface area contributed by atoms with Gasteiger partial charge in [0.05, 0.1) is 5.69 Å². The third-order valence-electron chi connectivity index (χ3n) is 3.81. The van der Waals surface area contributed by atoms with Gasteiger partial charge in [-0.05, 0) is 19.8 Å². The lowest BCUT2D eigenvalue weighted by Gasteiger charge is -2.13. The molecule has 1 amide bonds. The third-order valence-corrected chi connectivity index (χ3v) is 4.76. The van der Waals surface area contributed by atoms with Crippen molar-refractivity contribution in [1.29, 1.82) is 0 Å². The van der Waals surface area contributed by atoms with Crippen LogP contribution >= 0.6 is 35.3 Å². The molecule has 9 heteroatoms. The molecule has 1 aliphatic rings. The van der Waals surface area contributed by atoms with Crippen molar-refractivity contribution >= 4 is 52.3 Å². The lowest BCUT2D eigenvalue weighted by atomic mass is 10.3. The van der Waals surface area contributed by atoms with Crippen molar-refractivity contribution < 1.29 is 4.79 Å². The Hall–Kier alpha value is -1.10. The highest BCUT2D eigenvalue weighted by Crippen LogP contribution is 2.24. The first-order chi connectivity index (χ1) is 11.6. The molecule has 142 valence electrons. The summed E-state index contributed by atoms with van der Waals surface area (Å²) in [7, 11) is 3.47. The number of hydrogen-bond acceptors (Lipinski definition) is 5. The first kappa shape index (κ1) is 21.9. The number of thiazole rings is 1. The highest BCUT2D eigenvalue weighted by molar-refractivity contribution is 14.0. The Morgan fingerprint density at radius 1 is 1.36 bits per heavy atom. The summed E-state index contributed by atoms with van der Waals surface area (Å²) in [4.78, 5) is 24.6. The summed E-state index contributed by atoms with van der Waals surface area (Å²) in [5.74, 6) is 0.657. The standard InChI is InChI=1S/C16H28N6OS.HI/c1-4-17-15(19-11-14(23)21(2)3)18-8-7-13-12-24-16(20-13)22-9-5-6-10-22;/h12H,4-11H2,1-3H3,(H2,17,18,19);1H. The molecule has 0 aliphatic carbocycles. The van der Waals surface area contributed by atoms with Gasteiger partial charge in [-0.2, -0.15) is 0 Å². The van der Waals surface area contributed by atoms with E-state index in [2.05, 4.69) is 25.9 Å². The summed E-state index contributed by atoms with van der Waals surface area (Å²) in [5, 5.41) is 9.69. The molecule has 25 heavy (non-hydrogen) atoms. The number of halogens is 1. The Morgan fingerprint density at radius 2 is 2.08 bits per heavy atom. The van der Waals surface area contributed by atoms with Gasteiger partial charge in [-0.15, -0.1) is 35.3 Å². The normalized spacial score (nSPS) is 14.2. The number of anilines is 1. The van der Waals surface area contributed by atoms with E-state index in [9.17, 15) is 4.79 Å². The summed E-state index contributed by atoms with van der Waals surface area (Å²) in [6.07, 6.45) is 3.38. The average Bonchev–Trinajstić information content (AvgIpc) is 3.23. The largest absolute Gasteiger partial charge is 0.357 e. The minimum absolute atomic E-state index is 0. The SMILES string of the molecule is CCNC(=NCC(=O)N(C)C)NCCc1csc(N2CCCC2)n1.I. The van der Waals surface area contributed by atoms with Crippen LogP contribution in [0.1, 0.15) is 25.5 Å². The molecule has 0 atom stereocenters. The molecule has 1 aromatic rings. The molecule has 2 N–H and O–H groups in total. The average molecular weight is 480 g/mol. The molecule has 2 rings (SSSR count). The van der Waals surface area contributed by atoms with Crippen molar-refractivity contribution in [2.45, 2.75) is 26.2 Å². The zero-order valence-electron chi connectivity index (χ0n) is 15.2. The van der Waals surface area contributed by atoms with Crippen molar-refractivity contribution in [3.8, 4) is 0 Å². The third kappa shape index (κ3) is 7.35. The summed E-state index contributed by atoms with van der Waals surface area (Å²) in [6, 6.07) is 0. The van der Waals surface area contributed by atoms with E-state index in [1.807, 2.05) is 6.92 Å². The van der Waals surface area contributed by atoms with Crippen LogP contribution in [0.3, 0.4) is 0 Å². The van der Waals surface area contributed by atoms with Crippen LogP contribution in [0.2, 0.25) is 0 Å². The molecule has 0 bridgehead atoms. The van der Waals surface area contributed by atoms with Crippen molar-refractivity contribution in [3.63, 3.8) is 0 Å². The number of carbonyl (C=O) groups is 1. The Labute approximate surface area is 171 Å². The van der Waals surface area contributed by atoms with Crippen molar-refractivity contribution in [2.24, 2.45) is 4.99 Å². The molecule has 0 aromatic carbocycles. The number of aromatic nitrogens is 1. The van der Waals surface area contributed by atoms with E-state index in [0.29, 0.717) is 5.96 Å². The van der Waals surface area contributed by atoms with E-state index < -0.39 is 0 Å². The van der Waals surface area contributed by atoms with Gasteiger partial charge in [0.1, 0.15) is 6.54 Å². The van der Waals surface area contributed by atoms with E-state index >= 15 is 0 Å². The Morgan fingerprint density at radius 3 is 2.72 bits per heavy atom. The Balaban J connectivity index is 0.00000312. The number of nitrogens with one attached hydrogen (secondary N) is 2. The maximum Gasteiger partial charge on any atom is 0.243 e. The van der Waals surface area contributed by atoms with Crippen LogP contribution in [0.5, 0.6) is 0 Å². The molecular weight excluding hydrogens is 451 g/mol. The topological polar surface area (TPSA) is 72.9 Å². The van der Waals surface area contributed by atoms with Crippen LogP contribution < -0.4 is 15.5 Å². The van der Waals surface area contributed by atoms with Gasteiger partial charge >= 0.3 is 0 Å². The molecule has 0 radical (unpaired) electrons. The summed E-state index contributed by atoms with van der Waals surface area (Å²) < 4.78 is 0. The number of likely N-dealkylation sites (N-methyl/N-ethyl adjacent to an activating group) is 1. The molecule has 0 saturated carbocycles. The van der Waals surface area contributed by atoms with Crippen molar-refractivity contribution in [3.05, 3.63) is 11.1 Å². The molecular formula is C16H29IN6OS. The monoisotopic (exact) mass is 480 g/mol. The summed E-state index contributed by atoms with van der Waals surface area (Å²) in [5.41, 5.74) is 1.11. The number of carbonyl (C=O) groups excluding carboxylic acids is 1. The molecule has 1 aliphatic heterocycles. The van der Waals surface area contributed by atoms with Crippen LogP contribution in [-0.4, -0.2) is 68.6 Å². The van der Waals surface area contributed by atoms with Crippen molar-refractivity contribution in [1.82, 2.24) is 20.5 Å². The predicted octanol–water partition coefficient (Wildman–Crippen LogP) is 1.55. The zero-order valence-corrected chi connectivity index (χ0v) is 18.4. The van der Waals surface area contributed by atoms with E-state index in [1.54, 1.807) is 30.3 Å².